The van der Waals surface area contributed by atoms with E-state index in [1.807, 2.05) is 0 Å². The Kier molecular flexibility index (Phi) is 2.60. The van der Waals surface area contributed by atoms with E-state index in [9.17, 15) is 13.2 Å². The van der Waals surface area contributed by atoms with Crippen LogP contribution in [0.25, 0.3) is 11.1 Å². The van der Waals surface area contributed by atoms with E-state index < -0.39 is 6.30 Å². The summed E-state index contributed by atoms with van der Waals surface area (Å²) in [7, 11) is 0. The molecule has 0 unspecified atom stereocenters. The van der Waals surface area contributed by atoms with E-state index >= 15 is 0 Å². The highest BCUT2D eigenvalue weighted by Crippen LogP contribution is 2.30. The number of hydrogen-bond donors (Lipinski definition) is 2. The molecule has 0 spiro atoms. The summed E-state index contributed by atoms with van der Waals surface area (Å²) >= 11 is 0. The number of aromatic nitrogens is 4. The Bertz CT molecular complexity index is 565. The van der Waals surface area contributed by atoms with Crippen molar-refractivity contribution in [2.45, 2.75) is 13.2 Å². The van der Waals surface area contributed by atoms with Gasteiger partial charge in [0.15, 0.2) is 0 Å². The fourth-order valence-corrected chi connectivity index (χ4v) is 1.56. The average molecular weight is 258 g/mol. The van der Waals surface area contributed by atoms with Gasteiger partial charge in [0.1, 0.15) is 5.82 Å². The molecule has 4 N–H and O–H groups in total. The Labute approximate surface area is 99.4 Å². The highest BCUT2D eigenvalue weighted by Gasteiger charge is 2.32. The molecular formula is C9H9F3N6. The first-order valence-electron chi connectivity index (χ1n) is 4.81. The van der Waals surface area contributed by atoms with Gasteiger partial charge in [-0.2, -0.15) is 14.8 Å². The number of halogens is 3. The van der Waals surface area contributed by atoms with Gasteiger partial charge in [-0.15, -0.1) is 13.2 Å². The normalized spacial score (nSPS) is 11.8. The third kappa shape index (κ3) is 2.06. The van der Waals surface area contributed by atoms with Crippen molar-refractivity contribution in [1.82, 2.24) is 19.7 Å². The van der Waals surface area contributed by atoms with E-state index in [4.69, 9.17) is 11.5 Å². The van der Waals surface area contributed by atoms with Crippen LogP contribution in [0.1, 0.15) is 5.69 Å². The third-order valence-corrected chi connectivity index (χ3v) is 2.27. The van der Waals surface area contributed by atoms with Gasteiger partial charge < -0.3 is 11.5 Å². The summed E-state index contributed by atoms with van der Waals surface area (Å²) in [5, 5.41) is 3.22. The van der Waals surface area contributed by atoms with Gasteiger partial charge in [0, 0.05) is 17.3 Å². The van der Waals surface area contributed by atoms with Crippen molar-refractivity contribution in [2.75, 3.05) is 11.5 Å². The first-order chi connectivity index (χ1) is 8.29. The molecule has 6 nitrogen and oxygen atoms in total. The molecule has 0 saturated carbocycles. The van der Waals surface area contributed by atoms with E-state index in [-0.39, 0.29) is 22.0 Å². The second-order valence-corrected chi connectivity index (χ2v) is 3.57. The molecule has 0 atom stereocenters. The van der Waals surface area contributed by atoms with Crippen LogP contribution in [0.15, 0.2) is 12.4 Å². The van der Waals surface area contributed by atoms with Crippen LogP contribution in [0.3, 0.4) is 0 Å². The van der Waals surface area contributed by atoms with Crippen LogP contribution in [-0.2, 0) is 6.30 Å². The number of alkyl halides is 3. The van der Waals surface area contributed by atoms with Crippen LogP contribution in [0.2, 0.25) is 0 Å². The Morgan fingerprint density at radius 3 is 2.39 bits per heavy atom. The molecule has 2 aromatic heterocycles. The zero-order chi connectivity index (χ0) is 13.5. The summed E-state index contributed by atoms with van der Waals surface area (Å²) in [5.74, 6) is -0.0151. The summed E-state index contributed by atoms with van der Waals surface area (Å²) < 4.78 is 37.1. The van der Waals surface area contributed by atoms with Crippen LogP contribution < -0.4 is 11.5 Å². The second-order valence-electron chi connectivity index (χ2n) is 3.57. The number of rotatable bonds is 1. The molecule has 2 aromatic rings. The van der Waals surface area contributed by atoms with Crippen molar-refractivity contribution in [3.63, 3.8) is 0 Å². The Morgan fingerprint density at radius 1 is 1.22 bits per heavy atom. The van der Waals surface area contributed by atoms with Crippen molar-refractivity contribution in [1.29, 1.82) is 0 Å². The smallest absolute Gasteiger partial charge is 0.383 e. The molecule has 18 heavy (non-hydrogen) atoms. The lowest BCUT2D eigenvalue weighted by Crippen LogP contribution is -2.16. The molecule has 9 heteroatoms. The van der Waals surface area contributed by atoms with Crippen molar-refractivity contribution in [3.05, 3.63) is 18.1 Å². The Hall–Kier alpha value is -2.32. The number of nitrogens with zero attached hydrogens (tertiary/aromatic N) is 4. The van der Waals surface area contributed by atoms with Crippen LogP contribution in [0, 0.1) is 6.92 Å². The molecule has 0 aliphatic carbocycles. The largest absolute Gasteiger partial charge is 0.504 e. The molecule has 0 amide bonds. The number of hydrogen-bond acceptors (Lipinski definition) is 5. The van der Waals surface area contributed by atoms with E-state index in [2.05, 4.69) is 15.1 Å². The topological polar surface area (TPSA) is 95.6 Å². The SMILES string of the molecule is Cc1nc(N)nc(N)c1-c1cnn(C(F)(F)F)c1. The highest BCUT2D eigenvalue weighted by molar-refractivity contribution is 5.75. The molecule has 0 saturated heterocycles. The molecule has 0 radical (unpaired) electrons. The lowest BCUT2D eigenvalue weighted by molar-refractivity contribution is -0.212. The average Bonchev–Trinajstić information content (AvgIpc) is 2.64. The maximum Gasteiger partial charge on any atom is 0.504 e. The quantitative estimate of drug-likeness (QED) is 0.803. The van der Waals surface area contributed by atoms with Crippen LogP contribution in [0.5, 0.6) is 0 Å². The van der Waals surface area contributed by atoms with Crippen molar-refractivity contribution >= 4 is 11.8 Å². The summed E-state index contributed by atoms with van der Waals surface area (Å²) in [5.41, 5.74) is 11.9. The highest BCUT2D eigenvalue weighted by atomic mass is 19.4. The number of nitrogen functional groups attached to an aromatic ring is 2. The maximum absolute atomic E-state index is 12.4. The van der Waals surface area contributed by atoms with Crippen LogP contribution in [-0.4, -0.2) is 19.7 Å². The number of anilines is 2. The summed E-state index contributed by atoms with van der Waals surface area (Å²) in [6, 6.07) is 0. The zero-order valence-electron chi connectivity index (χ0n) is 9.23. The minimum absolute atomic E-state index is 0.0155. The fourth-order valence-electron chi connectivity index (χ4n) is 1.56. The van der Waals surface area contributed by atoms with Crippen LogP contribution >= 0.6 is 0 Å². The van der Waals surface area contributed by atoms with E-state index in [0.717, 1.165) is 12.4 Å². The van der Waals surface area contributed by atoms with Crippen molar-refractivity contribution in [2.24, 2.45) is 0 Å². The summed E-state index contributed by atoms with van der Waals surface area (Å²) in [6.07, 6.45) is -2.71. The van der Waals surface area contributed by atoms with Gasteiger partial charge in [0.2, 0.25) is 5.95 Å². The minimum Gasteiger partial charge on any atom is -0.383 e. The monoisotopic (exact) mass is 258 g/mol. The molecule has 2 rings (SSSR count). The zero-order valence-corrected chi connectivity index (χ0v) is 9.23. The van der Waals surface area contributed by atoms with E-state index in [1.165, 1.54) is 0 Å². The van der Waals surface area contributed by atoms with Gasteiger partial charge in [-0.1, -0.05) is 0 Å². The molecule has 0 bridgehead atoms. The Balaban J connectivity index is 2.53. The van der Waals surface area contributed by atoms with Gasteiger partial charge in [-0.25, -0.2) is 4.98 Å². The van der Waals surface area contributed by atoms with Gasteiger partial charge in [-0.3, -0.25) is 0 Å². The number of nitrogens with two attached hydrogens (primary N) is 2. The van der Waals surface area contributed by atoms with Gasteiger partial charge in [0.25, 0.3) is 0 Å². The number of aryl methyl sites for hydroxylation is 1. The van der Waals surface area contributed by atoms with Gasteiger partial charge >= 0.3 is 6.30 Å². The molecule has 0 fully saturated rings. The molecule has 96 valence electrons. The maximum atomic E-state index is 12.4. The van der Waals surface area contributed by atoms with E-state index in [0.29, 0.717) is 11.3 Å². The first-order valence-corrected chi connectivity index (χ1v) is 4.81. The third-order valence-electron chi connectivity index (χ3n) is 2.27. The molecule has 2 heterocycles. The molecule has 0 aliphatic rings. The lowest BCUT2D eigenvalue weighted by atomic mass is 10.1. The summed E-state index contributed by atoms with van der Waals surface area (Å²) in [6.45, 7) is 1.58. The Morgan fingerprint density at radius 2 is 1.89 bits per heavy atom. The van der Waals surface area contributed by atoms with Crippen molar-refractivity contribution in [3.8, 4) is 11.1 Å². The minimum atomic E-state index is -4.57. The molecule has 0 aliphatic heterocycles. The van der Waals surface area contributed by atoms with Crippen molar-refractivity contribution < 1.29 is 13.2 Å². The first kappa shape index (κ1) is 12.1. The standard InChI is InChI=1S/C9H9F3N6/c1-4-6(7(13)17-8(14)16-4)5-2-15-18(3-5)9(10,11)12/h2-3H,1H3,(H4,13,14,16,17). The van der Waals surface area contributed by atoms with E-state index in [1.54, 1.807) is 6.92 Å². The lowest BCUT2D eigenvalue weighted by Gasteiger charge is -2.07. The second kappa shape index (κ2) is 3.86. The van der Waals surface area contributed by atoms with Crippen LogP contribution in [0.4, 0.5) is 24.9 Å². The van der Waals surface area contributed by atoms with Gasteiger partial charge in [-0.05, 0) is 6.92 Å². The molecular weight excluding hydrogens is 249 g/mol. The van der Waals surface area contributed by atoms with Gasteiger partial charge in [0.05, 0.1) is 11.9 Å². The predicted octanol–water partition coefficient (Wildman–Crippen LogP) is 1.29. The predicted molar refractivity (Wildman–Crippen MR) is 58.1 cm³/mol. The summed E-state index contributed by atoms with van der Waals surface area (Å²) in [4.78, 5) is 7.56. The molecule has 0 aromatic carbocycles. The fraction of sp³-hybridized carbons (Fsp3) is 0.222.